The van der Waals surface area contributed by atoms with Crippen molar-refractivity contribution in [1.29, 1.82) is 0 Å². The molecule has 0 aliphatic rings. The van der Waals surface area contributed by atoms with Crippen LogP contribution in [0, 0.1) is 10.1 Å². The van der Waals surface area contributed by atoms with Crippen LogP contribution in [0.4, 0.5) is 11.4 Å². The molecule has 0 aliphatic heterocycles. The molecule has 6 heteroatoms. The minimum Gasteiger partial charge on any atom is -0.481 e. The van der Waals surface area contributed by atoms with Gasteiger partial charge < -0.3 is 10.1 Å². The van der Waals surface area contributed by atoms with Gasteiger partial charge in [-0.15, -0.1) is 0 Å². The third-order valence-corrected chi connectivity index (χ3v) is 3.01. The molecule has 0 aromatic heterocycles. The van der Waals surface area contributed by atoms with E-state index in [1.807, 2.05) is 25.1 Å². The number of nitro benzene ring substituents is 1. The minimum atomic E-state index is -0.665. The van der Waals surface area contributed by atoms with Gasteiger partial charge in [0.05, 0.1) is 4.92 Å². The fraction of sp³-hybridized carbons (Fsp3) is 0.188. The van der Waals surface area contributed by atoms with Crippen molar-refractivity contribution in [3.05, 3.63) is 64.7 Å². The van der Waals surface area contributed by atoms with Gasteiger partial charge in [-0.3, -0.25) is 14.9 Å². The maximum atomic E-state index is 12.2. The quantitative estimate of drug-likeness (QED) is 0.655. The summed E-state index contributed by atoms with van der Waals surface area (Å²) < 4.78 is 5.63. The predicted molar refractivity (Wildman–Crippen MR) is 82.9 cm³/mol. The zero-order valence-corrected chi connectivity index (χ0v) is 12.1. The van der Waals surface area contributed by atoms with E-state index < -0.39 is 11.0 Å². The molecule has 2 aromatic rings. The zero-order valence-electron chi connectivity index (χ0n) is 12.1. The molecule has 1 atom stereocenters. The topological polar surface area (TPSA) is 81.5 Å². The fourth-order valence-corrected chi connectivity index (χ4v) is 1.91. The van der Waals surface area contributed by atoms with Crippen molar-refractivity contribution >= 4 is 17.3 Å². The van der Waals surface area contributed by atoms with Crippen LogP contribution in [0.1, 0.15) is 13.3 Å². The third kappa shape index (κ3) is 4.05. The number of nitro groups is 1. The molecule has 0 fully saturated rings. The first kappa shape index (κ1) is 15.5. The van der Waals surface area contributed by atoms with Gasteiger partial charge in [-0.1, -0.05) is 31.2 Å². The molecule has 2 rings (SSSR count). The third-order valence-electron chi connectivity index (χ3n) is 3.01. The van der Waals surface area contributed by atoms with E-state index in [9.17, 15) is 14.9 Å². The van der Waals surface area contributed by atoms with Crippen molar-refractivity contribution in [2.24, 2.45) is 0 Å². The molecule has 1 N–H and O–H groups in total. The van der Waals surface area contributed by atoms with E-state index in [1.54, 1.807) is 18.2 Å². The first-order valence-corrected chi connectivity index (χ1v) is 6.87. The maximum Gasteiger partial charge on any atom is 0.271 e. The number of hydrogen-bond acceptors (Lipinski definition) is 4. The number of anilines is 1. The van der Waals surface area contributed by atoms with Crippen molar-refractivity contribution in [3.8, 4) is 5.75 Å². The lowest BCUT2D eigenvalue weighted by atomic mass is 10.2. The van der Waals surface area contributed by atoms with Crippen LogP contribution in [0.5, 0.6) is 5.75 Å². The molecule has 0 saturated heterocycles. The Hall–Kier alpha value is -2.89. The molecule has 0 aliphatic carbocycles. The smallest absolute Gasteiger partial charge is 0.271 e. The molecule has 2 aromatic carbocycles. The second-order valence-corrected chi connectivity index (χ2v) is 4.62. The average Bonchev–Trinajstić information content (AvgIpc) is 2.53. The van der Waals surface area contributed by atoms with Crippen LogP contribution in [0.15, 0.2) is 54.6 Å². The summed E-state index contributed by atoms with van der Waals surface area (Å²) in [5, 5.41) is 13.4. The fourth-order valence-electron chi connectivity index (χ4n) is 1.91. The Balaban J connectivity index is 2.06. The molecule has 1 unspecified atom stereocenters. The van der Waals surface area contributed by atoms with Crippen LogP contribution >= 0.6 is 0 Å². The number of carbonyl (C=O) groups excluding carboxylic acids is 1. The van der Waals surface area contributed by atoms with Crippen LogP contribution in [0.25, 0.3) is 0 Å². The van der Waals surface area contributed by atoms with E-state index in [-0.39, 0.29) is 11.6 Å². The Labute approximate surface area is 127 Å². The molecular weight excluding hydrogens is 284 g/mol. The van der Waals surface area contributed by atoms with Crippen LogP contribution in [-0.2, 0) is 4.79 Å². The van der Waals surface area contributed by atoms with E-state index in [1.165, 1.54) is 18.2 Å². The van der Waals surface area contributed by atoms with Gasteiger partial charge in [-0.2, -0.15) is 0 Å². The van der Waals surface area contributed by atoms with E-state index in [0.717, 1.165) is 0 Å². The van der Waals surface area contributed by atoms with Crippen LogP contribution < -0.4 is 10.1 Å². The van der Waals surface area contributed by atoms with Gasteiger partial charge in [-0.05, 0) is 24.6 Å². The van der Waals surface area contributed by atoms with Gasteiger partial charge in [0.2, 0.25) is 0 Å². The number of rotatable bonds is 6. The summed E-state index contributed by atoms with van der Waals surface area (Å²) in [6, 6.07) is 14.8. The number of ether oxygens (including phenoxy) is 1. The highest BCUT2D eigenvalue weighted by molar-refractivity contribution is 5.94. The molecule has 0 saturated carbocycles. The Morgan fingerprint density at radius 2 is 1.95 bits per heavy atom. The molecular formula is C16H16N2O4. The summed E-state index contributed by atoms with van der Waals surface area (Å²) in [4.78, 5) is 22.5. The maximum absolute atomic E-state index is 12.2. The SMILES string of the molecule is CCC(Oc1ccccc1)C(=O)Nc1cccc([N+](=O)[O-])c1. The molecule has 0 radical (unpaired) electrons. The lowest BCUT2D eigenvalue weighted by Gasteiger charge is -2.17. The first-order chi connectivity index (χ1) is 10.6. The average molecular weight is 300 g/mol. The molecule has 0 spiro atoms. The Kier molecular flexibility index (Phi) is 5.08. The highest BCUT2D eigenvalue weighted by Crippen LogP contribution is 2.18. The predicted octanol–water partition coefficient (Wildman–Crippen LogP) is 3.39. The second kappa shape index (κ2) is 7.21. The number of para-hydroxylation sites is 1. The lowest BCUT2D eigenvalue weighted by Crippen LogP contribution is -2.32. The first-order valence-electron chi connectivity index (χ1n) is 6.87. The second-order valence-electron chi connectivity index (χ2n) is 4.62. The summed E-state index contributed by atoms with van der Waals surface area (Å²) >= 11 is 0. The van der Waals surface area contributed by atoms with Gasteiger partial charge in [0.15, 0.2) is 6.10 Å². The molecule has 0 heterocycles. The Morgan fingerprint density at radius 1 is 1.23 bits per heavy atom. The van der Waals surface area contributed by atoms with Crippen LogP contribution in [-0.4, -0.2) is 16.9 Å². The van der Waals surface area contributed by atoms with Crippen molar-refractivity contribution in [2.75, 3.05) is 5.32 Å². The van der Waals surface area contributed by atoms with Gasteiger partial charge in [0, 0.05) is 17.8 Å². The van der Waals surface area contributed by atoms with Crippen LogP contribution in [0.3, 0.4) is 0 Å². The van der Waals surface area contributed by atoms with Crippen LogP contribution in [0.2, 0.25) is 0 Å². The highest BCUT2D eigenvalue weighted by Gasteiger charge is 2.19. The molecule has 114 valence electrons. The lowest BCUT2D eigenvalue weighted by molar-refractivity contribution is -0.384. The molecule has 0 bridgehead atoms. The van der Waals surface area contributed by atoms with Gasteiger partial charge in [0.1, 0.15) is 5.75 Å². The van der Waals surface area contributed by atoms with Gasteiger partial charge in [-0.25, -0.2) is 0 Å². The standard InChI is InChI=1S/C16H16N2O4/c1-2-15(22-14-9-4-3-5-10-14)16(19)17-12-7-6-8-13(11-12)18(20)21/h3-11,15H,2H2,1H3,(H,17,19). The Bertz CT molecular complexity index is 658. The number of carbonyl (C=O) groups is 1. The normalized spacial score (nSPS) is 11.5. The zero-order chi connectivity index (χ0) is 15.9. The molecule has 22 heavy (non-hydrogen) atoms. The summed E-state index contributed by atoms with van der Waals surface area (Å²) in [6.07, 6.45) is -0.183. The number of nitrogens with zero attached hydrogens (tertiary/aromatic N) is 1. The van der Waals surface area contributed by atoms with Crippen molar-refractivity contribution < 1.29 is 14.5 Å². The van der Waals surface area contributed by atoms with Crippen molar-refractivity contribution in [3.63, 3.8) is 0 Å². The minimum absolute atomic E-state index is 0.0742. The number of benzene rings is 2. The van der Waals surface area contributed by atoms with E-state index in [0.29, 0.717) is 17.9 Å². The summed E-state index contributed by atoms with van der Waals surface area (Å²) in [7, 11) is 0. The van der Waals surface area contributed by atoms with Gasteiger partial charge >= 0.3 is 0 Å². The number of non-ortho nitro benzene ring substituents is 1. The van der Waals surface area contributed by atoms with E-state index in [2.05, 4.69) is 5.32 Å². The van der Waals surface area contributed by atoms with Crippen molar-refractivity contribution in [1.82, 2.24) is 0 Å². The molecule has 6 nitrogen and oxygen atoms in total. The van der Waals surface area contributed by atoms with Gasteiger partial charge in [0.25, 0.3) is 11.6 Å². The number of nitrogens with one attached hydrogen (secondary N) is 1. The van der Waals surface area contributed by atoms with Crippen molar-refractivity contribution in [2.45, 2.75) is 19.4 Å². The number of amides is 1. The Morgan fingerprint density at radius 3 is 2.59 bits per heavy atom. The monoisotopic (exact) mass is 300 g/mol. The summed E-state index contributed by atoms with van der Waals surface area (Å²) in [5.41, 5.74) is 0.295. The summed E-state index contributed by atoms with van der Waals surface area (Å²) in [5.74, 6) is 0.260. The molecule has 1 amide bonds. The summed E-state index contributed by atoms with van der Waals surface area (Å²) in [6.45, 7) is 1.83. The highest BCUT2D eigenvalue weighted by atomic mass is 16.6. The largest absolute Gasteiger partial charge is 0.481 e. The van der Waals surface area contributed by atoms with E-state index >= 15 is 0 Å². The number of hydrogen-bond donors (Lipinski definition) is 1. The van der Waals surface area contributed by atoms with E-state index in [4.69, 9.17) is 4.74 Å².